The number of aryl methyl sites for hydroxylation is 3. The number of aromatic nitrogens is 2. The molecule has 0 amide bonds. The molecular formula is C25H21N2+. The van der Waals surface area contributed by atoms with Crippen molar-refractivity contribution in [1.29, 1.82) is 0 Å². The second kappa shape index (κ2) is 4.98. The average Bonchev–Trinajstić information content (AvgIpc) is 3.20. The van der Waals surface area contributed by atoms with Crippen LogP contribution in [-0.4, -0.2) is 4.40 Å². The van der Waals surface area contributed by atoms with Gasteiger partial charge < -0.3 is 0 Å². The van der Waals surface area contributed by atoms with Crippen LogP contribution in [0.15, 0.2) is 60.8 Å². The topological polar surface area (TPSA) is 8.29 Å². The standard InChI is InChI=1S/C25H21N2/c1-15-7-9-17(3)20(11-15)23-14-26-13-18-5-4-6-19-21-12-16(2)8-10-22(21)27(23)25(26)24(18)19/h4-12,14H,13H2,1-3H3/q+1. The first kappa shape index (κ1) is 15.0. The molecule has 0 saturated carbocycles. The highest BCUT2D eigenvalue weighted by molar-refractivity contribution is 6.13. The summed E-state index contributed by atoms with van der Waals surface area (Å²) in [5.41, 5.74) is 10.6. The highest BCUT2D eigenvalue weighted by atomic mass is 15.1. The zero-order valence-corrected chi connectivity index (χ0v) is 15.9. The summed E-state index contributed by atoms with van der Waals surface area (Å²) < 4.78 is 4.91. The fourth-order valence-electron chi connectivity index (χ4n) is 4.80. The van der Waals surface area contributed by atoms with Gasteiger partial charge >= 0.3 is 0 Å². The van der Waals surface area contributed by atoms with E-state index >= 15 is 0 Å². The molecule has 3 heterocycles. The van der Waals surface area contributed by atoms with Gasteiger partial charge in [-0.25, -0.2) is 4.57 Å². The van der Waals surface area contributed by atoms with E-state index in [1.807, 2.05) is 0 Å². The summed E-state index contributed by atoms with van der Waals surface area (Å²) in [6.45, 7) is 7.52. The van der Waals surface area contributed by atoms with E-state index in [-0.39, 0.29) is 0 Å². The summed E-state index contributed by atoms with van der Waals surface area (Å²) in [6.07, 6.45) is 2.34. The molecule has 2 nitrogen and oxygen atoms in total. The molecule has 0 aliphatic carbocycles. The molecule has 2 heteroatoms. The molecule has 5 aromatic rings. The number of hydrogen-bond acceptors (Lipinski definition) is 0. The van der Waals surface area contributed by atoms with Gasteiger partial charge in [0.15, 0.2) is 5.69 Å². The van der Waals surface area contributed by atoms with Crippen molar-refractivity contribution >= 4 is 27.3 Å². The Morgan fingerprint density at radius 1 is 0.852 bits per heavy atom. The van der Waals surface area contributed by atoms with Gasteiger partial charge in [0.25, 0.3) is 5.65 Å². The molecule has 1 aliphatic heterocycles. The van der Waals surface area contributed by atoms with Gasteiger partial charge in [-0.2, -0.15) is 4.40 Å². The van der Waals surface area contributed by atoms with Gasteiger partial charge in [-0.15, -0.1) is 0 Å². The smallest absolute Gasteiger partial charge is 0.225 e. The minimum Gasteiger partial charge on any atom is -0.225 e. The molecule has 0 atom stereocenters. The van der Waals surface area contributed by atoms with Crippen molar-refractivity contribution in [1.82, 2.24) is 4.40 Å². The van der Waals surface area contributed by atoms with Crippen LogP contribution in [0, 0.1) is 20.8 Å². The van der Waals surface area contributed by atoms with E-state index in [1.165, 1.54) is 60.8 Å². The predicted molar refractivity (Wildman–Crippen MR) is 111 cm³/mol. The lowest BCUT2D eigenvalue weighted by Crippen LogP contribution is -2.28. The third-order valence-corrected chi connectivity index (χ3v) is 6.07. The first-order chi connectivity index (χ1) is 13.1. The lowest BCUT2D eigenvalue weighted by atomic mass is 10.00. The van der Waals surface area contributed by atoms with Crippen LogP contribution in [0.3, 0.4) is 0 Å². The van der Waals surface area contributed by atoms with Crippen LogP contribution in [0.4, 0.5) is 0 Å². The van der Waals surface area contributed by atoms with Crippen molar-refractivity contribution in [3.05, 3.63) is 83.0 Å². The molecular weight excluding hydrogens is 328 g/mol. The molecule has 0 unspecified atom stereocenters. The summed E-state index contributed by atoms with van der Waals surface area (Å²) in [5, 5.41) is 4.12. The maximum absolute atomic E-state index is 2.48. The van der Waals surface area contributed by atoms with Crippen LogP contribution in [0.2, 0.25) is 0 Å². The van der Waals surface area contributed by atoms with E-state index in [0.29, 0.717) is 0 Å². The van der Waals surface area contributed by atoms with Crippen LogP contribution >= 0.6 is 0 Å². The SMILES string of the molecule is Cc1ccc(C)c(-c2c[n+]3c4c5c(cccc5c5cc(C)ccc5n24)C3)c1. The van der Waals surface area contributed by atoms with Crippen LogP contribution < -0.4 is 4.57 Å². The molecule has 130 valence electrons. The van der Waals surface area contributed by atoms with Crippen molar-refractivity contribution < 1.29 is 4.57 Å². The highest BCUT2D eigenvalue weighted by Crippen LogP contribution is 2.37. The average molecular weight is 349 g/mol. The number of rotatable bonds is 1. The lowest BCUT2D eigenvalue weighted by molar-refractivity contribution is -0.657. The van der Waals surface area contributed by atoms with Crippen molar-refractivity contribution in [2.24, 2.45) is 0 Å². The summed E-state index contributed by atoms with van der Waals surface area (Å²) in [6, 6.07) is 20.4. The van der Waals surface area contributed by atoms with Gasteiger partial charge in [0.2, 0.25) is 0 Å². The molecule has 3 aromatic carbocycles. The van der Waals surface area contributed by atoms with Crippen molar-refractivity contribution in [2.45, 2.75) is 27.3 Å². The molecule has 0 N–H and O–H groups in total. The quantitative estimate of drug-likeness (QED) is 0.274. The largest absolute Gasteiger partial charge is 0.295 e. The second-order valence-corrected chi connectivity index (χ2v) is 7.98. The van der Waals surface area contributed by atoms with Crippen LogP contribution in [0.25, 0.3) is 38.6 Å². The van der Waals surface area contributed by atoms with Crippen LogP contribution in [-0.2, 0) is 6.54 Å². The van der Waals surface area contributed by atoms with Crippen LogP contribution in [0.1, 0.15) is 22.3 Å². The first-order valence-electron chi connectivity index (χ1n) is 9.58. The Morgan fingerprint density at radius 3 is 2.56 bits per heavy atom. The maximum atomic E-state index is 2.48. The Bertz CT molecular complexity index is 1420. The van der Waals surface area contributed by atoms with Gasteiger partial charge in [-0.05, 0) is 44.5 Å². The van der Waals surface area contributed by atoms with Gasteiger partial charge in [-0.1, -0.05) is 47.5 Å². The molecule has 0 saturated heterocycles. The number of imidazole rings is 1. The lowest BCUT2D eigenvalue weighted by Gasteiger charge is -2.08. The normalized spacial score (nSPS) is 12.9. The molecule has 0 bridgehead atoms. The summed E-state index contributed by atoms with van der Waals surface area (Å²) in [5.74, 6) is 0. The van der Waals surface area contributed by atoms with E-state index in [0.717, 1.165) is 6.54 Å². The number of nitrogens with zero attached hydrogens (tertiary/aromatic N) is 2. The predicted octanol–water partition coefficient (Wildman–Crippen LogP) is 5.49. The van der Waals surface area contributed by atoms with E-state index in [1.54, 1.807) is 0 Å². The van der Waals surface area contributed by atoms with E-state index in [2.05, 4.69) is 90.5 Å². The highest BCUT2D eigenvalue weighted by Gasteiger charge is 2.31. The first-order valence-corrected chi connectivity index (χ1v) is 9.58. The Morgan fingerprint density at radius 2 is 1.67 bits per heavy atom. The third kappa shape index (κ3) is 1.88. The van der Waals surface area contributed by atoms with Crippen molar-refractivity contribution in [3.63, 3.8) is 0 Å². The van der Waals surface area contributed by atoms with Crippen molar-refractivity contribution in [2.75, 3.05) is 0 Å². The summed E-state index contributed by atoms with van der Waals surface area (Å²) in [7, 11) is 0. The monoisotopic (exact) mass is 349 g/mol. The molecule has 0 spiro atoms. The Hall–Kier alpha value is -3.13. The molecule has 0 radical (unpaired) electrons. The molecule has 2 aromatic heterocycles. The summed E-state index contributed by atoms with van der Waals surface area (Å²) >= 11 is 0. The van der Waals surface area contributed by atoms with Gasteiger partial charge in [0.05, 0.1) is 5.39 Å². The number of hydrogen-bond donors (Lipinski definition) is 0. The molecule has 6 rings (SSSR count). The number of benzene rings is 3. The van der Waals surface area contributed by atoms with E-state index in [9.17, 15) is 0 Å². The minimum atomic E-state index is 0.955. The van der Waals surface area contributed by atoms with E-state index < -0.39 is 0 Å². The molecule has 1 aliphatic rings. The van der Waals surface area contributed by atoms with Gasteiger partial charge in [-0.3, -0.25) is 0 Å². The number of fused-ring (bicyclic) bond motifs is 3. The van der Waals surface area contributed by atoms with Crippen molar-refractivity contribution in [3.8, 4) is 11.3 Å². The van der Waals surface area contributed by atoms with Crippen LogP contribution in [0.5, 0.6) is 0 Å². The maximum Gasteiger partial charge on any atom is 0.295 e. The Balaban J connectivity index is 1.90. The second-order valence-electron chi connectivity index (χ2n) is 7.98. The summed E-state index contributed by atoms with van der Waals surface area (Å²) in [4.78, 5) is 0. The zero-order valence-electron chi connectivity index (χ0n) is 15.9. The third-order valence-electron chi connectivity index (χ3n) is 6.07. The molecule has 0 fully saturated rings. The molecule has 27 heavy (non-hydrogen) atoms. The Kier molecular flexibility index (Phi) is 2.76. The van der Waals surface area contributed by atoms with Gasteiger partial charge in [0.1, 0.15) is 18.3 Å². The number of pyridine rings is 1. The minimum absolute atomic E-state index is 0.955. The van der Waals surface area contributed by atoms with E-state index in [4.69, 9.17) is 0 Å². The Labute approximate surface area is 158 Å². The fraction of sp³-hybridized carbons (Fsp3) is 0.160. The fourth-order valence-corrected chi connectivity index (χ4v) is 4.80. The zero-order chi connectivity index (χ0) is 18.3. The van der Waals surface area contributed by atoms with Gasteiger partial charge in [0, 0.05) is 21.9 Å².